The first kappa shape index (κ1) is 23.3. The molecule has 1 aromatic carbocycles. The van der Waals surface area contributed by atoms with Crippen molar-refractivity contribution in [1.82, 2.24) is 14.8 Å². The third kappa shape index (κ3) is 6.57. The second kappa shape index (κ2) is 11.8. The Labute approximate surface area is 197 Å². The number of para-hydroxylation sites is 1. The number of nitrogens with zero attached hydrogens (tertiary/aromatic N) is 4. The van der Waals surface area contributed by atoms with Crippen LogP contribution in [0.5, 0.6) is 5.75 Å². The van der Waals surface area contributed by atoms with Crippen LogP contribution in [-0.4, -0.2) is 73.6 Å². The molecule has 1 aromatic heterocycles. The van der Waals surface area contributed by atoms with Crippen LogP contribution in [0.1, 0.15) is 31.2 Å². The van der Waals surface area contributed by atoms with E-state index in [1.165, 1.54) is 12.8 Å². The maximum atomic E-state index is 12.8. The molecule has 0 radical (unpaired) electrons. The quantitative estimate of drug-likeness (QED) is 0.612. The van der Waals surface area contributed by atoms with Crippen molar-refractivity contribution in [3.8, 4) is 5.75 Å². The Balaban J connectivity index is 1.18. The lowest BCUT2D eigenvalue weighted by Gasteiger charge is -2.36. The van der Waals surface area contributed by atoms with E-state index in [1.807, 2.05) is 47.5 Å². The molecular formula is C27H36N4O2. The molecule has 2 fully saturated rings. The number of carbonyl (C=O) groups excluding carboxylic acids is 1. The summed E-state index contributed by atoms with van der Waals surface area (Å²) in [5, 5.41) is 0. The highest BCUT2D eigenvalue weighted by molar-refractivity contribution is 5.76. The van der Waals surface area contributed by atoms with Gasteiger partial charge in [0.05, 0.1) is 7.11 Å². The largest absolute Gasteiger partial charge is 0.496 e. The molecule has 0 saturated carbocycles. The van der Waals surface area contributed by atoms with E-state index in [0.29, 0.717) is 18.2 Å². The van der Waals surface area contributed by atoms with Gasteiger partial charge in [-0.1, -0.05) is 36.4 Å². The lowest BCUT2D eigenvalue weighted by molar-refractivity contribution is -0.131. The van der Waals surface area contributed by atoms with Gasteiger partial charge in [-0.2, -0.15) is 0 Å². The number of amides is 1. The molecule has 33 heavy (non-hydrogen) atoms. The maximum absolute atomic E-state index is 12.8. The summed E-state index contributed by atoms with van der Waals surface area (Å²) in [5.41, 5.74) is 1.11. The molecule has 0 bridgehead atoms. The molecule has 0 spiro atoms. The van der Waals surface area contributed by atoms with Crippen molar-refractivity contribution in [1.29, 1.82) is 0 Å². The number of aromatic nitrogens is 1. The third-order valence-corrected chi connectivity index (χ3v) is 6.78. The van der Waals surface area contributed by atoms with E-state index in [2.05, 4.69) is 33.0 Å². The average molecular weight is 449 g/mol. The molecular weight excluding hydrogens is 412 g/mol. The summed E-state index contributed by atoms with van der Waals surface area (Å²) in [7, 11) is 1.71. The standard InChI is InChI=1S/C27H36N4O2/c1-33-25-11-3-2-9-24(25)10-7-17-29-16-6-8-23(22-29)13-14-27(32)31-20-18-30(19-21-31)26-12-4-5-15-28-26/h2-5,7,9-12,15,23H,6,8,13-14,16-22H2,1H3. The molecule has 2 aliphatic heterocycles. The fourth-order valence-corrected chi connectivity index (χ4v) is 4.90. The van der Waals surface area contributed by atoms with Gasteiger partial charge in [0, 0.05) is 57.4 Å². The molecule has 1 amide bonds. The van der Waals surface area contributed by atoms with Crippen molar-refractivity contribution >= 4 is 17.8 Å². The number of piperidine rings is 1. The van der Waals surface area contributed by atoms with Gasteiger partial charge in [0.1, 0.15) is 11.6 Å². The third-order valence-electron chi connectivity index (χ3n) is 6.78. The topological polar surface area (TPSA) is 48.9 Å². The maximum Gasteiger partial charge on any atom is 0.222 e. The molecule has 1 unspecified atom stereocenters. The van der Waals surface area contributed by atoms with Gasteiger partial charge >= 0.3 is 0 Å². The number of methoxy groups -OCH3 is 1. The summed E-state index contributed by atoms with van der Waals surface area (Å²) in [4.78, 5) is 24.1. The zero-order valence-electron chi connectivity index (χ0n) is 19.7. The van der Waals surface area contributed by atoms with Crippen LogP contribution in [0.3, 0.4) is 0 Å². The molecule has 4 rings (SSSR count). The monoisotopic (exact) mass is 448 g/mol. The molecule has 1 atom stereocenters. The number of anilines is 1. The van der Waals surface area contributed by atoms with Crippen molar-refractivity contribution in [2.75, 3.05) is 57.8 Å². The van der Waals surface area contributed by atoms with Crippen LogP contribution < -0.4 is 9.64 Å². The van der Waals surface area contributed by atoms with E-state index in [4.69, 9.17) is 4.74 Å². The van der Waals surface area contributed by atoms with E-state index in [9.17, 15) is 4.79 Å². The lowest BCUT2D eigenvalue weighted by atomic mass is 9.93. The van der Waals surface area contributed by atoms with Crippen LogP contribution >= 0.6 is 0 Å². The fourth-order valence-electron chi connectivity index (χ4n) is 4.90. The number of rotatable bonds is 8. The molecule has 0 N–H and O–H groups in total. The average Bonchev–Trinajstić information content (AvgIpc) is 2.88. The Morgan fingerprint density at radius 2 is 1.91 bits per heavy atom. The van der Waals surface area contributed by atoms with Crippen LogP contribution in [0, 0.1) is 5.92 Å². The predicted molar refractivity (Wildman–Crippen MR) is 133 cm³/mol. The van der Waals surface area contributed by atoms with Crippen LogP contribution in [0.2, 0.25) is 0 Å². The fraction of sp³-hybridized carbons (Fsp3) is 0.481. The van der Waals surface area contributed by atoms with Crippen molar-refractivity contribution in [3.05, 3.63) is 60.3 Å². The molecule has 2 saturated heterocycles. The van der Waals surface area contributed by atoms with Crippen LogP contribution in [0.15, 0.2) is 54.7 Å². The summed E-state index contributed by atoms with van der Waals surface area (Å²) < 4.78 is 5.43. The molecule has 3 heterocycles. The van der Waals surface area contributed by atoms with Crippen molar-refractivity contribution in [2.24, 2.45) is 5.92 Å². The van der Waals surface area contributed by atoms with E-state index >= 15 is 0 Å². The summed E-state index contributed by atoms with van der Waals surface area (Å²) in [6.45, 7) is 6.46. The summed E-state index contributed by atoms with van der Waals surface area (Å²) in [6, 6.07) is 14.1. The summed E-state index contributed by atoms with van der Waals surface area (Å²) >= 11 is 0. The minimum Gasteiger partial charge on any atom is -0.496 e. The highest BCUT2D eigenvalue weighted by atomic mass is 16.5. The first-order valence-electron chi connectivity index (χ1n) is 12.2. The van der Waals surface area contributed by atoms with Crippen LogP contribution in [-0.2, 0) is 4.79 Å². The van der Waals surface area contributed by atoms with E-state index < -0.39 is 0 Å². The van der Waals surface area contributed by atoms with Gasteiger partial charge in [-0.25, -0.2) is 4.98 Å². The Morgan fingerprint density at radius 3 is 2.70 bits per heavy atom. The summed E-state index contributed by atoms with van der Waals surface area (Å²) in [6.07, 6.45) is 10.3. The van der Waals surface area contributed by atoms with E-state index in [0.717, 1.165) is 69.4 Å². The molecule has 6 nitrogen and oxygen atoms in total. The van der Waals surface area contributed by atoms with Crippen LogP contribution in [0.25, 0.3) is 6.08 Å². The van der Waals surface area contributed by atoms with Crippen molar-refractivity contribution < 1.29 is 9.53 Å². The predicted octanol–water partition coefficient (Wildman–Crippen LogP) is 3.94. The Morgan fingerprint density at radius 1 is 1.09 bits per heavy atom. The second-order valence-electron chi connectivity index (χ2n) is 9.01. The number of likely N-dealkylation sites (tertiary alicyclic amines) is 1. The van der Waals surface area contributed by atoms with Gasteiger partial charge in [-0.05, 0) is 49.9 Å². The Kier molecular flexibility index (Phi) is 8.36. The van der Waals surface area contributed by atoms with Gasteiger partial charge in [0.2, 0.25) is 5.91 Å². The SMILES string of the molecule is COc1ccccc1C=CCN1CCCC(CCC(=O)N2CCN(c3ccccn3)CC2)C1. The number of benzene rings is 1. The normalized spacial score (nSPS) is 19.7. The zero-order valence-corrected chi connectivity index (χ0v) is 19.7. The molecule has 0 aliphatic carbocycles. The van der Waals surface area contributed by atoms with Gasteiger partial charge in [-0.3, -0.25) is 9.69 Å². The molecule has 6 heteroatoms. The molecule has 2 aliphatic rings. The first-order chi connectivity index (χ1) is 16.2. The zero-order chi connectivity index (χ0) is 22.9. The minimum atomic E-state index is 0.309. The van der Waals surface area contributed by atoms with Crippen molar-refractivity contribution in [3.63, 3.8) is 0 Å². The first-order valence-corrected chi connectivity index (χ1v) is 12.2. The molecule has 176 valence electrons. The number of hydrogen-bond donors (Lipinski definition) is 0. The minimum absolute atomic E-state index is 0.309. The number of pyridine rings is 1. The highest BCUT2D eigenvalue weighted by Gasteiger charge is 2.24. The number of hydrogen-bond acceptors (Lipinski definition) is 5. The van der Waals surface area contributed by atoms with Gasteiger partial charge in [-0.15, -0.1) is 0 Å². The Hall–Kier alpha value is -2.86. The van der Waals surface area contributed by atoms with Crippen molar-refractivity contribution in [2.45, 2.75) is 25.7 Å². The van der Waals surface area contributed by atoms with Crippen LogP contribution in [0.4, 0.5) is 5.82 Å². The van der Waals surface area contributed by atoms with E-state index in [-0.39, 0.29) is 0 Å². The van der Waals surface area contributed by atoms with E-state index in [1.54, 1.807) is 7.11 Å². The highest BCUT2D eigenvalue weighted by Crippen LogP contribution is 2.23. The van der Waals surface area contributed by atoms with Gasteiger partial charge in [0.25, 0.3) is 0 Å². The number of piperazine rings is 1. The lowest BCUT2D eigenvalue weighted by Crippen LogP contribution is -2.49. The number of ether oxygens (including phenoxy) is 1. The van der Waals surface area contributed by atoms with Gasteiger partial charge < -0.3 is 14.5 Å². The smallest absolute Gasteiger partial charge is 0.222 e. The summed E-state index contributed by atoms with van der Waals surface area (Å²) in [5.74, 6) is 2.83. The molecule has 2 aromatic rings. The number of carbonyl (C=O) groups is 1. The van der Waals surface area contributed by atoms with Gasteiger partial charge in [0.15, 0.2) is 0 Å². The Bertz CT molecular complexity index is 909. The second-order valence-corrected chi connectivity index (χ2v) is 9.01.